The maximum absolute atomic E-state index is 5.77. The van der Waals surface area contributed by atoms with Gasteiger partial charge in [0.05, 0.1) is 17.3 Å². The van der Waals surface area contributed by atoms with Gasteiger partial charge in [-0.25, -0.2) is 4.98 Å². The fraction of sp³-hybridized carbons (Fsp3) is 0.182. The summed E-state index contributed by atoms with van der Waals surface area (Å²) in [6.07, 6.45) is 0. The van der Waals surface area contributed by atoms with E-state index < -0.39 is 0 Å². The van der Waals surface area contributed by atoms with E-state index in [4.69, 9.17) is 10.7 Å². The highest BCUT2D eigenvalue weighted by molar-refractivity contribution is 5.86. The van der Waals surface area contributed by atoms with Crippen LogP contribution in [0.2, 0.25) is 0 Å². The third-order valence-electron chi connectivity index (χ3n) is 4.70. The average molecular weight is 370 g/mol. The molecule has 28 heavy (non-hydrogen) atoms. The molecular formula is C22H22N6. The van der Waals surface area contributed by atoms with Crippen LogP contribution in [-0.2, 0) is 0 Å². The molecule has 0 unspecified atom stereocenters. The molecule has 0 aliphatic heterocycles. The second-order valence-corrected chi connectivity index (χ2v) is 6.87. The summed E-state index contributed by atoms with van der Waals surface area (Å²) < 4.78 is 0. The SMILES string of the molecule is Cc1nc(N)nc(N[C@@H](C)c2cc3cccc(C)c3nc2-c2ccccc2)n1. The first-order chi connectivity index (χ1) is 13.5. The summed E-state index contributed by atoms with van der Waals surface area (Å²) in [4.78, 5) is 17.6. The topological polar surface area (TPSA) is 89.6 Å². The van der Waals surface area contributed by atoms with Gasteiger partial charge in [0, 0.05) is 16.5 Å². The van der Waals surface area contributed by atoms with Gasteiger partial charge in [0.2, 0.25) is 11.9 Å². The van der Waals surface area contributed by atoms with Crippen LogP contribution in [0.5, 0.6) is 0 Å². The standard InChI is InChI=1S/C22H22N6/c1-13-8-7-11-17-12-18(14(2)24-22-26-15(3)25-21(23)28-22)20(27-19(13)17)16-9-5-4-6-10-16/h4-12,14H,1-3H3,(H3,23,24,25,26,28)/t14-/m0/s1. The van der Waals surface area contributed by atoms with Crippen molar-refractivity contribution in [3.63, 3.8) is 0 Å². The zero-order chi connectivity index (χ0) is 19.7. The van der Waals surface area contributed by atoms with Crippen LogP contribution in [0.3, 0.4) is 0 Å². The van der Waals surface area contributed by atoms with Crippen LogP contribution in [0, 0.1) is 13.8 Å². The molecule has 0 spiro atoms. The Morgan fingerprint density at radius 3 is 2.43 bits per heavy atom. The second kappa shape index (κ2) is 7.23. The smallest absolute Gasteiger partial charge is 0.228 e. The van der Waals surface area contributed by atoms with Crippen molar-refractivity contribution in [3.8, 4) is 11.3 Å². The number of nitrogens with zero attached hydrogens (tertiary/aromatic N) is 4. The number of nitrogens with two attached hydrogens (primary N) is 1. The molecule has 0 aliphatic carbocycles. The van der Waals surface area contributed by atoms with Crippen LogP contribution in [0.25, 0.3) is 22.2 Å². The van der Waals surface area contributed by atoms with E-state index in [0.29, 0.717) is 11.8 Å². The molecule has 0 fully saturated rings. The molecule has 0 radical (unpaired) electrons. The number of aromatic nitrogens is 4. The predicted molar refractivity (Wildman–Crippen MR) is 113 cm³/mol. The Morgan fingerprint density at radius 1 is 0.893 bits per heavy atom. The van der Waals surface area contributed by atoms with Gasteiger partial charge in [-0.15, -0.1) is 0 Å². The van der Waals surface area contributed by atoms with Gasteiger partial charge >= 0.3 is 0 Å². The van der Waals surface area contributed by atoms with Crippen molar-refractivity contribution < 1.29 is 0 Å². The van der Waals surface area contributed by atoms with Crippen molar-refractivity contribution in [2.75, 3.05) is 11.1 Å². The van der Waals surface area contributed by atoms with Crippen molar-refractivity contribution in [3.05, 3.63) is 71.5 Å². The van der Waals surface area contributed by atoms with Gasteiger partial charge in [-0.3, -0.25) is 0 Å². The van der Waals surface area contributed by atoms with Crippen LogP contribution in [0.1, 0.15) is 29.9 Å². The Kier molecular flexibility index (Phi) is 4.61. The highest BCUT2D eigenvalue weighted by atomic mass is 15.2. The minimum Gasteiger partial charge on any atom is -0.368 e. The monoisotopic (exact) mass is 370 g/mol. The molecular weight excluding hydrogens is 348 g/mol. The summed E-state index contributed by atoms with van der Waals surface area (Å²) in [5, 5.41) is 4.45. The Hall–Kier alpha value is -3.54. The molecule has 4 rings (SSSR count). The number of rotatable bonds is 4. The number of para-hydroxylation sites is 1. The maximum Gasteiger partial charge on any atom is 0.228 e. The number of hydrogen-bond donors (Lipinski definition) is 2. The molecule has 140 valence electrons. The van der Waals surface area contributed by atoms with Gasteiger partial charge in [0.25, 0.3) is 0 Å². The first-order valence-electron chi connectivity index (χ1n) is 9.21. The molecule has 0 aliphatic rings. The minimum atomic E-state index is -0.0752. The Bertz CT molecular complexity index is 1120. The molecule has 2 aromatic carbocycles. The van der Waals surface area contributed by atoms with Gasteiger partial charge in [-0.05, 0) is 32.4 Å². The highest BCUT2D eigenvalue weighted by Crippen LogP contribution is 2.32. The predicted octanol–water partition coefficient (Wildman–Crippen LogP) is 4.46. The van der Waals surface area contributed by atoms with Crippen molar-refractivity contribution in [1.29, 1.82) is 0 Å². The molecule has 0 saturated heterocycles. The number of anilines is 2. The largest absolute Gasteiger partial charge is 0.368 e. The zero-order valence-electron chi connectivity index (χ0n) is 16.1. The van der Waals surface area contributed by atoms with Crippen LogP contribution in [-0.4, -0.2) is 19.9 Å². The molecule has 3 N–H and O–H groups in total. The van der Waals surface area contributed by atoms with Crippen molar-refractivity contribution in [2.24, 2.45) is 0 Å². The molecule has 4 aromatic rings. The lowest BCUT2D eigenvalue weighted by Gasteiger charge is -2.19. The van der Waals surface area contributed by atoms with Crippen molar-refractivity contribution >= 4 is 22.8 Å². The summed E-state index contributed by atoms with van der Waals surface area (Å²) in [6, 6.07) is 18.6. The normalized spacial score (nSPS) is 12.1. The van der Waals surface area contributed by atoms with Crippen molar-refractivity contribution in [2.45, 2.75) is 26.8 Å². The van der Waals surface area contributed by atoms with Crippen LogP contribution >= 0.6 is 0 Å². The lowest BCUT2D eigenvalue weighted by atomic mass is 9.97. The number of pyridine rings is 1. The number of aryl methyl sites for hydroxylation is 2. The Morgan fingerprint density at radius 2 is 1.68 bits per heavy atom. The summed E-state index contributed by atoms with van der Waals surface area (Å²) in [6.45, 7) is 5.95. The van der Waals surface area contributed by atoms with E-state index in [9.17, 15) is 0 Å². The summed E-state index contributed by atoms with van der Waals surface area (Å²) in [5.41, 5.74) is 11.0. The Labute approximate surface area is 163 Å². The number of hydrogen-bond acceptors (Lipinski definition) is 6. The lowest BCUT2D eigenvalue weighted by Crippen LogP contribution is -2.13. The van der Waals surface area contributed by atoms with E-state index in [0.717, 1.165) is 33.3 Å². The lowest BCUT2D eigenvalue weighted by molar-refractivity contribution is 0.846. The van der Waals surface area contributed by atoms with Gasteiger partial charge < -0.3 is 11.1 Å². The van der Waals surface area contributed by atoms with Gasteiger partial charge in [-0.1, -0.05) is 48.5 Å². The van der Waals surface area contributed by atoms with E-state index >= 15 is 0 Å². The number of nitrogens with one attached hydrogen (secondary N) is 1. The third-order valence-corrected chi connectivity index (χ3v) is 4.70. The highest BCUT2D eigenvalue weighted by Gasteiger charge is 2.17. The summed E-state index contributed by atoms with van der Waals surface area (Å²) >= 11 is 0. The van der Waals surface area contributed by atoms with E-state index in [-0.39, 0.29) is 12.0 Å². The number of benzene rings is 2. The fourth-order valence-corrected chi connectivity index (χ4v) is 3.36. The van der Waals surface area contributed by atoms with E-state index in [1.165, 1.54) is 0 Å². The van der Waals surface area contributed by atoms with Crippen LogP contribution < -0.4 is 11.1 Å². The van der Waals surface area contributed by atoms with E-state index in [2.05, 4.69) is 70.5 Å². The molecule has 0 bridgehead atoms. The Balaban J connectivity index is 1.84. The molecule has 2 heterocycles. The average Bonchev–Trinajstić information content (AvgIpc) is 2.67. The summed E-state index contributed by atoms with van der Waals surface area (Å²) in [7, 11) is 0. The van der Waals surface area contributed by atoms with E-state index in [1.807, 2.05) is 18.2 Å². The minimum absolute atomic E-state index is 0.0752. The third kappa shape index (κ3) is 3.49. The van der Waals surface area contributed by atoms with Gasteiger partial charge in [0.1, 0.15) is 5.82 Å². The molecule has 2 aromatic heterocycles. The van der Waals surface area contributed by atoms with Crippen LogP contribution in [0.4, 0.5) is 11.9 Å². The first kappa shape index (κ1) is 17.9. The molecule has 1 atom stereocenters. The fourth-order valence-electron chi connectivity index (χ4n) is 3.36. The molecule has 6 heteroatoms. The number of fused-ring (bicyclic) bond motifs is 1. The van der Waals surface area contributed by atoms with E-state index in [1.54, 1.807) is 6.92 Å². The zero-order valence-corrected chi connectivity index (χ0v) is 16.1. The van der Waals surface area contributed by atoms with Crippen LogP contribution in [0.15, 0.2) is 54.6 Å². The second-order valence-electron chi connectivity index (χ2n) is 6.87. The molecule has 0 saturated carbocycles. The maximum atomic E-state index is 5.77. The van der Waals surface area contributed by atoms with Gasteiger partial charge in [0.15, 0.2) is 0 Å². The molecule has 6 nitrogen and oxygen atoms in total. The molecule has 0 amide bonds. The van der Waals surface area contributed by atoms with Gasteiger partial charge in [-0.2, -0.15) is 15.0 Å². The quantitative estimate of drug-likeness (QED) is 0.551. The number of nitrogen functional groups attached to an aromatic ring is 1. The summed E-state index contributed by atoms with van der Waals surface area (Å²) in [5.74, 6) is 1.25. The first-order valence-corrected chi connectivity index (χ1v) is 9.21. The van der Waals surface area contributed by atoms with Crippen molar-refractivity contribution in [1.82, 2.24) is 19.9 Å².